The van der Waals surface area contributed by atoms with Gasteiger partial charge in [0.25, 0.3) is 5.91 Å². The molecule has 0 spiro atoms. The highest BCUT2D eigenvalue weighted by atomic mass is 16.5. The lowest BCUT2D eigenvalue weighted by Gasteiger charge is -2.07. The molecule has 0 fully saturated rings. The number of ether oxygens (including phenoxy) is 1. The average Bonchev–Trinajstić information content (AvgIpc) is 3.04. The van der Waals surface area contributed by atoms with Gasteiger partial charge in [0, 0.05) is 23.2 Å². The van der Waals surface area contributed by atoms with Gasteiger partial charge in [-0.15, -0.1) is 0 Å². The maximum Gasteiger partial charge on any atom is 0.256 e. The first-order valence-electron chi connectivity index (χ1n) is 9.36. The smallest absolute Gasteiger partial charge is 0.256 e. The van der Waals surface area contributed by atoms with Crippen LogP contribution in [-0.2, 0) is 16.0 Å². The number of hydrogen-bond donors (Lipinski definition) is 2. The van der Waals surface area contributed by atoms with E-state index in [1.165, 1.54) is 0 Å². The number of primary amides is 1. The molecule has 2 amide bonds. The third-order valence-electron chi connectivity index (χ3n) is 4.72. The van der Waals surface area contributed by atoms with Gasteiger partial charge < -0.3 is 15.8 Å². The van der Waals surface area contributed by atoms with Crippen molar-refractivity contribution in [2.45, 2.75) is 12.8 Å². The molecule has 5 nitrogen and oxygen atoms in total. The number of carbonyl (C=O) groups excluding carboxylic acids is 2. The molecule has 29 heavy (non-hydrogen) atoms. The van der Waals surface area contributed by atoms with Crippen LogP contribution in [0.5, 0.6) is 11.5 Å². The van der Waals surface area contributed by atoms with E-state index in [2.05, 4.69) is 5.32 Å². The van der Waals surface area contributed by atoms with Crippen molar-refractivity contribution in [3.05, 3.63) is 89.5 Å². The molecular formula is C24H20N2O3. The summed E-state index contributed by atoms with van der Waals surface area (Å²) in [6.07, 6.45) is 2.83. The van der Waals surface area contributed by atoms with Crippen molar-refractivity contribution in [2.75, 3.05) is 5.32 Å². The van der Waals surface area contributed by atoms with Gasteiger partial charge in [0.15, 0.2) is 0 Å². The van der Waals surface area contributed by atoms with Crippen LogP contribution in [-0.4, -0.2) is 11.8 Å². The van der Waals surface area contributed by atoms with E-state index in [0.717, 1.165) is 22.4 Å². The zero-order valence-corrected chi connectivity index (χ0v) is 15.7. The fourth-order valence-electron chi connectivity index (χ4n) is 3.21. The molecule has 1 heterocycles. The third kappa shape index (κ3) is 4.35. The lowest BCUT2D eigenvalue weighted by Crippen LogP contribution is -2.11. The number of amides is 2. The number of nitrogens with one attached hydrogen (secondary N) is 1. The Balaban J connectivity index is 1.45. The summed E-state index contributed by atoms with van der Waals surface area (Å²) in [5.74, 6) is 1.01. The normalized spacial score (nSPS) is 13.8. The molecular weight excluding hydrogens is 364 g/mol. The first kappa shape index (κ1) is 18.5. The first-order chi connectivity index (χ1) is 14.1. The summed E-state index contributed by atoms with van der Waals surface area (Å²) < 4.78 is 5.87. The van der Waals surface area contributed by atoms with Gasteiger partial charge in [0.2, 0.25) is 5.91 Å². The molecule has 144 valence electrons. The number of aryl methyl sites for hydroxylation is 1. The molecule has 0 aromatic heterocycles. The van der Waals surface area contributed by atoms with E-state index in [-0.39, 0.29) is 11.8 Å². The number of carbonyl (C=O) groups is 2. The molecule has 1 aliphatic heterocycles. The maximum atomic E-state index is 12.2. The standard InChI is InChI=1S/C24H20N2O3/c25-23(27)14-9-16-5-10-18(11-6-16)29-19-12-7-17(8-13-19)15-21-20-3-1-2-4-22(20)26-24(21)28/h1-8,10-13,15H,9,14H2,(H2,25,27)(H,26,28). The Kier molecular flexibility index (Phi) is 5.12. The first-order valence-corrected chi connectivity index (χ1v) is 9.36. The minimum absolute atomic E-state index is 0.0945. The van der Waals surface area contributed by atoms with E-state index in [1.807, 2.05) is 78.9 Å². The second kappa shape index (κ2) is 8.02. The predicted molar refractivity (Wildman–Crippen MR) is 113 cm³/mol. The summed E-state index contributed by atoms with van der Waals surface area (Å²) in [5.41, 5.74) is 9.53. The summed E-state index contributed by atoms with van der Waals surface area (Å²) in [7, 11) is 0. The lowest BCUT2D eigenvalue weighted by molar-refractivity contribution is -0.118. The van der Waals surface area contributed by atoms with E-state index in [0.29, 0.717) is 29.9 Å². The Morgan fingerprint density at radius 3 is 2.28 bits per heavy atom. The Morgan fingerprint density at radius 2 is 1.59 bits per heavy atom. The number of hydrogen-bond acceptors (Lipinski definition) is 3. The Hall–Kier alpha value is -3.86. The van der Waals surface area contributed by atoms with Crippen LogP contribution in [0, 0.1) is 0 Å². The maximum absolute atomic E-state index is 12.2. The molecule has 0 unspecified atom stereocenters. The molecule has 5 heteroatoms. The molecule has 0 atom stereocenters. The summed E-state index contributed by atoms with van der Waals surface area (Å²) in [5, 5.41) is 2.87. The number of rotatable bonds is 6. The molecule has 0 aliphatic carbocycles. The number of nitrogens with two attached hydrogens (primary N) is 1. The van der Waals surface area contributed by atoms with Crippen molar-refractivity contribution >= 4 is 29.2 Å². The third-order valence-corrected chi connectivity index (χ3v) is 4.72. The highest BCUT2D eigenvalue weighted by Crippen LogP contribution is 2.33. The Morgan fingerprint density at radius 1 is 0.931 bits per heavy atom. The molecule has 3 aromatic rings. The van der Waals surface area contributed by atoms with Gasteiger partial charge in [0.05, 0.1) is 0 Å². The molecule has 0 radical (unpaired) electrons. The molecule has 0 saturated heterocycles. The molecule has 3 aromatic carbocycles. The second-order valence-electron chi connectivity index (χ2n) is 6.84. The van der Waals surface area contributed by atoms with E-state index in [9.17, 15) is 9.59 Å². The Labute approximate surface area is 168 Å². The van der Waals surface area contributed by atoms with E-state index >= 15 is 0 Å². The molecule has 3 N–H and O–H groups in total. The number of fused-ring (bicyclic) bond motifs is 1. The van der Waals surface area contributed by atoms with Crippen LogP contribution < -0.4 is 15.8 Å². The number of benzene rings is 3. The van der Waals surface area contributed by atoms with Crippen molar-refractivity contribution in [1.29, 1.82) is 0 Å². The van der Waals surface area contributed by atoms with E-state index in [1.54, 1.807) is 0 Å². The molecule has 0 bridgehead atoms. The van der Waals surface area contributed by atoms with Gasteiger partial charge in [-0.3, -0.25) is 9.59 Å². The summed E-state index contributed by atoms with van der Waals surface area (Å²) in [4.78, 5) is 23.1. The highest BCUT2D eigenvalue weighted by Gasteiger charge is 2.23. The van der Waals surface area contributed by atoms with Crippen molar-refractivity contribution in [2.24, 2.45) is 5.73 Å². The van der Waals surface area contributed by atoms with Crippen LogP contribution >= 0.6 is 0 Å². The summed E-state index contributed by atoms with van der Waals surface area (Å²) >= 11 is 0. The van der Waals surface area contributed by atoms with Crippen LogP contribution in [0.3, 0.4) is 0 Å². The fraction of sp³-hybridized carbons (Fsp3) is 0.0833. The van der Waals surface area contributed by atoms with Crippen LogP contribution in [0.1, 0.15) is 23.1 Å². The second-order valence-corrected chi connectivity index (χ2v) is 6.84. The minimum Gasteiger partial charge on any atom is -0.457 e. The number of anilines is 1. The minimum atomic E-state index is -0.307. The SMILES string of the molecule is NC(=O)CCc1ccc(Oc2ccc(C=C3C(=O)Nc4ccccc43)cc2)cc1. The van der Waals surface area contributed by atoms with Gasteiger partial charge in [-0.1, -0.05) is 42.5 Å². The van der Waals surface area contributed by atoms with Crippen LogP contribution in [0.15, 0.2) is 72.8 Å². The van der Waals surface area contributed by atoms with E-state index in [4.69, 9.17) is 10.5 Å². The van der Waals surface area contributed by atoms with Crippen molar-refractivity contribution in [3.8, 4) is 11.5 Å². The summed E-state index contributed by atoms with van der Waals surface area (Å²) in [6.45, 7) is 0. The van der Waals surface area contributed by atoms with E-state index < -0.39 is 0 Å². The predicted octanol–water partition coefficient (Wildman–Crippen LogP) is 4.39. The van der Waals surface area contributed by atoms with Gasteiger partial charge in [-0.05, 0) is 54.0 Å². The zero-order chi connectivity index (χ0) is 20.2. The van der Waals surface area contributed by atoms with Gasteiger partial charge in [0.1, 0.15) is 11.5 Å². The lowest BCUT2D eigenvalue weighted by atomic mass is 10.0. The van der Waals surface area contributed by atoms with Gasteiger partial charge in [-0.25, -0.2) is 0 Å². The van der Waals surface area contributed by atoms with Crippen molar-refractivity contribution < 1.29 is 14.3 Å². The summed E-state index contributed by atoms with van der Waals surface area (Å²) in [6, 6.07) is 22.8. The fourth-order valence-corrected chi connectivity index (χ4v) is 3.21. The topological polar surface area (TPSA) is 81.4 Å². The van der Waals surface area contributed by atoms with Crippen molar-refractivity contribution in [1.82, 2.24) is 0 Å². The monoisotopic (exact) mass is 384 g/mol. The van der Waals surface area contributed by atoms with Gasteiger partial charge in [-0.2, -0.15) is 0 Å². The zero-order valence-electron chi connectivity index (χ0n) is 15.7. The highest BCUT2D eigenvalue weighted by molar-refractivity contribution is 6.34. The van der Waals surface area contributed by atoms with Crippen LogP contribution in [0.25, 0.3) is 11.6 Å². The molecule has 0 saturated carbocycles. The van der Waals surface area contributed by atoms with Crippen LogP contribution in [0.4, 0.5) is 5.69 Å². The number of para-hydroxylation sites is 1. The van der Waals surface area contributed by atoms with Gasteiger partial charge >= 0.3 is 0 Å². The average molecular weight is 384 g/mol. The Bertz CT molecular complexity index is 1080. The largest absolute Gasteiger partial charge is 0.457 e. The molecule has 4 rings (SSSR count). The van der Waals surface area contributed by atoms with Crippen molar-refractivity contribution in [3.63, 3.8) is 0 Å². The quantitative estimate of drug-likeness (QED) is 0.619. The molecule has 1 aliphatic rings. The van der Waals surface area contributed by atoms with Crippen LogP contribution in [0.2, 0.25) is 0 Å².